The molecule has 0 aromatic heterocycles. The van der Waals surface area contributed by atoms with Gasteiger partial charge in [-0.2, -0.15) is 4.39 Å². The summed E-state index contributed by atoms with van der Waals surface area (Å²) in [7, 11) is 0. The van der Waals surface area contributed by atoms with Gasteiger partial charge in [-0.05, 0) is 11.6 Å². The molecule has 0 aliphatic carbocycles. The van der Waals surface area contributed by atoms with Crippen LogP contribution in [0.4, 0.5) is 10.1 Å². The summed E-state index contributed by atoms with van der Waals surface area (Å²) in [6, 6.07) is 3.85. The Morgan fingerprint density at radius 1 is 1.56 bits per heavy atom. The number of nitro groups is 1. The second-order valence-electron chi connectivity index (χ2n) is 3.53. The van der Waals surface area contributed by atoms with Gasteiger partial charge in [0.15, 0.2) is 0 Å². The Balaban J connectivity index is 2.27. The van der Waals surface area contributed by atoms with E-state index in [1.54, 1.807) is 0 Å². The van der Waals surface area contributed by atoms with Crippen LogP contribution < -0.4 is 5.32 Å². The van der Waals surface area contributed by atoms with Crippen molar-refractivity contribution in [2.45, 2.75) is 6.10 Å². The average Bonchev–Trinajstić information content (AvgIpc) is 2.30. The number of halogens is 1. The molecule has 0 spiro atoms. The summed E-state index contributed by atoms with van der Waals surface area (Å²) < 4.78 is 18.5. The lowest BCUT2D eigenvalue weighted by Gasteiger charge is -2.23. The normalized spacial score (nSPS) is 20.7. The summed E-state index contributed by atoms with van der Waals surface area (Å²) in [5, 5.41) is 13.7. The van der Waals surface area contributed by atoms with E-state index >= 15 is 0 Å². The van der Waals surface area contributed by atoms with Gasteiger partial charge in [-0.3, -0.25) is 10.1 Å². The van der Waals surface area contributed by atoms with Gasteiger partial charge < -0.3 is 10.1 Å². The van der Waals surface area contributed by atoms with Gasteiger partial charge in [-0.15, -0.1) is 0 Å². The second-order valence-corrected chi connectivity index (χ2v) is 3.53. The molecule has 6 heteroatoms. The van der Waals surface area contributed by atoms with E-state index in [4.69, 9.17) is 4.74 Å². The molecule has 1 saturated heterocycles. The van der Waals surface area contributed by atoms with Gasteiger partial charge in [0.2, 0.25) is 5.82 Å². The van der Waals surface area contributed by atoms with Crippen molar-refractivity contribution in [2.24, 2.45) is 0 Å². The number of hydrogen-bond donors (Lipinski definition) is 1. The predicted molar refractivity (Wildman–Crippen MR) is 54.6 cm³/mol. The van der Waals surface area contributed by atoms with E-state index in [0.717, 1.165) is 12.6 Å². The smallest absolute Gasteiger partial charge is 0.305 e. The molecule has 1 unspecified atom stereocenters. The minimum absolute atomic E-state index is 0.243. The summed E-state index contributed by atoms with van der Waals surface area (Å²) in [6.07, 6.45) is -0.243. The Morgan fingerprint density at radius 2 is 2.38 bits per heavy atom. The molecule has 1 aromatic carbocycles. The largest absolute Gasteiger partial charge is 0.371 e. The maximum Gasteiger partial charge on any atom is 0.305 e. The van der Waals surface area contributed by atoms with E-state index in [-0.39, 0.29) is 6.10 Å². The lowest BCUT2D eigenvalue weighted by atomic mass is 10.1. The van der Waals surface area contributed by atoms with Crippen LogP contribution in [0.15, 0.2) is 18.2 Å². The highest BCUT2D eigenvalue weighted by Crippen LogP contribution is 2.25. The number of rotatable bonds is 2. The highest BCUT2D eigenvalue weighted by atomic mass is 19.1. The molecule has 1 fully saturated rings. The molecule has 1 atom stereocenters. The van der Waals surface area contributed by atoms with Gasteiger partial charge in [0.05, 0.1) is 17.6 Å². The Kier molecular flexibility index (Phi) is 3.12. The highest BCUT2D eigenvalue weighted by molar-refractivity contribution is 5.37. The van der Waals surface area contributed by atoms with Crippen molar-refractivity contribution in [3.63, 3.8) is 0 Å². The SMILES string of the molecule is O=[N+]([O-])c1cc(C2CNCCO2)ccc1F. The summed E-state index contributed by atoms with van der Waals surface area (Å²) in [5.41, 5.74) is 0.118. The third kappa shape index (κ3) is 2.17. The maximum atomic E-state index is 13.1. The first-order valence-corrected chi connectivity index (χ1v) is 4.94. The molecule has 86 valence electrons. The van der Waals surface area contributed by atoms with Gasteiger partial charge in [-0.1, -0.05) is 6.07 Å². The van der Waals surface area contributed by atoms with Gasteiger partial charge in [0, 0.05) is 19.2 Å². The molecule has 0 amide bonds. The van der Waals surface area contributed by atoms with Crippen LogP contribution in [0.3, 0.4) is 0 Å². The molecule has 1 aromatic rings. The van der Waals surface area contributed by atoms with Gasteiger partial charge in [0.1, 0.15) is 0 Å². The Morgan fingerprint density at radius 3 is 3.00 bits per heavy atom. The lowest BCUT2D eigenvalue weighted by molar-refractivity contribution is -0.387. The van der Waals surface area contributed by atoms with Crippen molar-refractivity contribution in [3.05, 3.63) is 39.7 Å². The Bertz CT molecular complexity index is 405. The van der Waals surface area contributed by atoms with Gasteiger partial charge in [0.25, 0.3) is 0 Å². The van der Waals surface area contributed by atoms with Crippen molar-refractivity contribution in [3.8, 4) is 0 Å². The van der Waals surface area contributed by atoms with E-state index in [0.29, 0.717) is 18.7 Å². The van der Waals surface area contributed by atoms with E-state index in [2.05, 4.69) is 5.32 Å². The van der Waals surface area contributed by atoms with Crippen molar-refractivity contribution in [1.82, 2.24) is 5.32 Å². The zero-order valence-electron chi connectivity index (χ0n) is 8.48. The second kappa shape index (κ2) is 4.54. The fourth-order valence-corrected chi connectivity index (χ4v) is 1.65. The van der Waals surface area contributed by atoms with Crippen LogP contribution in [0.5, 0.6) is 0 Å². The highest BCUT2D eigenvalue weighted by Gasteiger charge is 2.20. The molecule has 2 rings (SSSR count). The fraction of sp³-hybridized carbons (Fsp3) is 0.400. The molecule has 0 bridgehead atoms. The molecular formula is C10H11FN2O3. The number of ether oxygens (including phenoxy) is 1. The Hall–Kier alpha value is -1.53. The summed E-state index contributed by atoms with van der Waals surface area (Å²) in [5.74, 6) is -0.822. The van der Waals surface area contributed by atoms with Crippen LogP contribution in [0.2, 0.25) is 0 Å². The van der Waals surface area contributed by atoms with Crippen LogP contribution in [0.25, 0.3) is 0 Å². The molecule has 0 radical (unpaired) electrons. The number of nitro benzene ring substituents is 1. The molecule has 16 heavy (non-hydrogen) atoms. The minimum Gasteiger partial charge on any atom is -0.371 e. The predicted octanol–water partition coefficient (Wildman–Crippen LogP) is 1.39. The van der Waals surface area contributed by atoms with Crippen LogP contribution in [0.1, 0.15) is 11.7 Å². The third-order valence-electron chi connectivity index (χ3n) is 2.47. The van der Waals surface area contributed by atoms with Crippen LogP contribution >= 0.6 is 0 Å². The lowest BCUT2D eigenvalue weighted by Crippen LogP contribution is -2.33. The topological polar surface area (TPSA) is 64.4 Å². The fourth-order valence-electron chi connectivity index (χ4n) is 1.65. The summed E-state index contributed by atoms with van der Waals surface area (Å²) >= 11 is 0. The third-order valence-corrected chi connectivity index (χ3v) is 2.47. The molecular weight excluding hydrogens is 215 g/mol. The van der Waals surface area contributed by atoms with Crippen molar-refractivity contribution < 1.29 is 14.1 Å². The van der Waals surface area contributed by atoms with E-state index in [1.165, 1.54) is 12.1 Å². The monoisotopic (exact) mass is 226 g/mol. The van der Waals surface area contributed by atoms with E-state index in [9.17, 15) is 14.5 Å². The quantitative estimate of drug-likeness (QED) is 0.611. The summed E-state index contributed by atoms with van der Waals surface area (Å²) in [4.78, 5) is 9.84. The van der Waals surface area contributed by atoms with Crippen LogP contribution in [0, 0.1) is 15.9 Å². The van der Waals surface area contributed by atoms with E-state index in [1.807, 2.05) is 0 Å². The zero-order chi connectivity index (χ0) is 11.5. The zero-order valence-corrected chi connectivity index (χ0v) is 8.48. The molecule has 1 aliphatic heterocycles. The number of nitrogens with zero attached hydrogens (tertiary/aromatic N) is 1. The number of hydrogen-bond acceptors (Lipinski definition) is 4. The van der Waals surface area contributed by atoms with Crippen molar-refractivity contribution >= 4 is 5.69 Å². The number of benzene rings is 1. The van der Waals surface area contributed by atoms with Gasteiger partial charge in [-0.25, -0.2) is 0 Å². The van der Waals surface area contributed by atoms with Crippen molar-refractivity contribution in [1.29, 1.82) is 0 Å². The van der Waals surface area contributed by atoms with Gasteiger partial charge >= 0.3 is 5.69 Å². The first-order valence-electron chi connectivity index (χ1n) is 4.94. The molecule has 1 heterocycles. The minimum atomic E-state index is -0.822. The van der Waals surface area contributed by atoms with Crippen LogP contribution in [-0.2, 0) is 4.74 Å². The number of morpholine rings is 1. The first-order chi connectivity index (χ1) is 7.68. The molecule has 5 nitrogen and oxygen atoms in total. The van der Waals surface area contributed by atoms with E-state index < -0.39 is 16.4 Å². The Labute approximate surface area is 91.4 Å². The average molecular weight is 226 g/mol. The maximum absolute atomic E-state index is 13.1. The molecule has 0 saturated carbocycles. The van der Waals surface area contributed by atoms with Crippen molar-refractivity contribution in [2.75, 3.05) is 19.7 Å². The first kappa shape index (κ1) is 11.0. The molecule has 1 aliphatic rings. The van der Waals surface area contributed by atoms with Crippen LogP contribution in [-0.4, -0.2) is 24.6 Å². The molecule has 1 N–H and O–H groups in total. The number of nitrogens with one attached hydrogen (secondary N) is 1. The standard InChI is InChI=1S/C10H11FN2O3/c11-8-2-1-7(5-9(8)13(14)15)10-6-12-3-4-16-10/h1-2,5,10,12H,3-4,6H2. The summed E-state index contributed by atoms with van der Waals surface area (Å²) in [6.45, 7) is 1.90.